The number of aromatic nitrogens is 2. The Morgan fingerprint density at radius 2 is 2.11 bits per heavy atom. The minimum absolute atomic E-state index is 0.199. The fourth-order valence-corrected chi connectivity index (χ4v) is 1.75. The molecular weight excluding hydrogens is 233 g/mol. The van der Waals surface area contributed by atoms with Crippen molar-refractivity contribution >= 4 is 0 Å². The van der Waals surface area contributed by atoms with Crippen LogP contribution in [0.2, 0.25) is 0 Å². The molecule has 0 bridgehead atoms. The summed E-state index contributed by atoms with van der Waals surface area (Å²) in [5.41, 5.74) is 6.96. The molecule has 0 spiro atoms. The Morgan fingerprint density at radius 3 is 2.72 bits per heavy atom. The summed E-state index contributed by atoms with van der Waals surface area (Å²) in [7, 11) is 0. The molecule has 5 heteroatoms. The van der Waals surface area contributed by atoms with Gasteiger partial charge in [-0.25, -0.2) is 9.07 Å². The summed E-state index contributed by atoms with van der Waals surface area (Å²) < 4.78 is 14.7. The second-order valence-corrected chi connectivity index (χ2v) is 4.22. The predicted molar refractivity (Wildman–Crippen MR) is 67.1 cm³/mol. The lowest BCUT2D eigenvalue weighted by Gasteiger charge is -2.12. The largest absolute Gasteiger partial charge is 0.323 e. The summed E-state index contributed by atoms with van der Waals surface area (Å²) in [6.45, 7) is 3.43. The molecule has 0 aliphatic carbocycles. The topological polar surface area (TPSA) is 60.9 Å². The van der Waals surface area contributed by atoms with Crippen molar-refractivity contribution in [3.8, 4) is 5.69 Å². The lowest BCUT2D eigenvalue weighted by molar-refractivity contribution is 0.622. The first-order valence-corrected chi connectivity index (χ1v) is 5.61. The summed E-state index contributed by atoms with van der Waals surface area (Å²) >= 11 is 0. The zero-order chi connectivity index (χ0) is 13.3. The van der Waals surface area contributed by atoms with Gasteiger partial charge in [0.25, 0.3) is 0 Å². The highest BCUT2D eigenvalue weighted by atomic mass is 19.1. The predicted octanol–water partition coefficient (Wildman–Crippen LogP) is 1.70. The first-order valence-electron chi connectivity index (χ1n) is 5.61. The lowest BCUT2D eigenvalue weighted by Crippen LogP contribution is -2.24. The van der Waals surface area contributed by atoms with Crippen molar-refractivity contribution in [1.29, 1.82) is 0 Å². The molecule has 2 N–H and O–H groups in total. The van der Waals surface area contributed by atoms with Gasteiger partial charge >= 0.3 is 0 Å². The fourth-order valence-electron chi connectivity index (χ4n) is 1.75. The Hall–Kier alpha value is -2.01. The van der Waals surface area contributed by atoms with Gasteiger partial charge in [-0.05, 0) is 32.0 Å². The van der Waals surface area contributed by atoms with Crippen LogP contribution in [-0.4, -0.2) is 9.78 Å². The van der Waals surface area contributed by atoms with Crippen LogP contribution in [-0.2, 0) is 0 Å². The van der Waals surface area contributed by atoms with E-state index in [-0.39, 0.29) is 16.9 Å². The Bertz CT molecular complexity index is 634. The van der Waals surface area contributed by atoms with Gasteiger partial charge in [0.05, 0.1) is 5.69 Å². The van der Waals surface area contributed by atoms with E-state index in [1.165, 1.54) is 22.9 Å². The smallest absolute Gasteiger partial charge is 0.205 e. The van der Waals surface area contributed by atoms with E-state index in [2.05, 4.69) is 5.10 Å². The van der Waals surface area contributed by atoms with Gasteiger partial charge < -0.3 is 5.73 Å². The summed E-state index contributed by atoms with van der Waals surface area (Å²) in [4.78, 5) is 11.7. The van der Waals surface area contributed by atoms with Gasteiger partial charge in [-0.15, -0.1) is 0 Å². The molecule has 0 amide bonds. The van der Waals surface area contributed by atoms with Crippen LogP contribution >= 0.6 is 0 Å². The molecule has 1 unspecified atom stereocenters. The Labute approximate surface area is 104 Å². The highest BCUT2D eigenvalue weighted by Gasteiger charge is 2.11. The van der Waals surface area contributed by atoms with Crippen molar-refractivity contribution in [2.24, 2.45) is 5.73 Å². The molecule has 2 aromatic rings. The van der Waals surface area contributed by atoms with E-state index in [9.17, 15) is 9.18 Å². The van der Waals surface area contributed by atoms with Crippen LogP contribution in [0.15, 0.2) is 35.1 Å². The molecule has 4 nitrogen and oxygen atoms in total. The lowest BCUT2D eigenvalue weighted by atomic mass is 10.2. The summed E-state index contributed by atoms with van der Waals surface area (Å²) in [6, 6.07) is 7.02. The SMILES string of the molecule is Cc1cc(=O)c(C(C)N)nn1-c1cccc(F)c1. The zero-order valence-corrected chi connectivity index (χ0v) is 10.2. The van der Waals surface area contributed by atoms with E-state index in [4.69, 9.17) is 5.73 Å². The van der Waals surface area contributed by atoms with E-state index >= 15 is 0 Å². The Balaban J connectivity index is 2.64. The average Bonchev–Trinajstić information content (AvgIpc) is 2.28. The van der Waals surface area contributed by atoms with Crippen LogP contribution in [0.5, 0.6) is 0 Å². The van der Waals surface area contributed by atoms with Crippen LogP contribution in [0.3, 0.4) is 0 Å². The van der Waals surface area contributed by atoms with Gasteiger partial charge in [-0.1, -0.05) is 6.07 Å². The summed E-state index contributed by atoms with van der Waals surface area (Å²) in [5, 5.41) is 4.20. The zero-order valence-electron chi connectivity index (χ0n) is 10.2. The van der Waals surface area contributed by atoms with Crippen molar-refractivity contribution < 1.29 is 4.39 Å². The third kappa shape index (κ3) is 2.31. The minimum atomic E-state index is -0.460. The van der Waals surface area contributed by atoms with Gasteiger partial charge in [0, 0.05) is 17.8 Å². The standard InChI is InChI=1S/C13H14FN3O/c1-8-6-12(18)13(9(2)15)16-17(8)11-5-3-4-10(14)7-11/h3-7,9H,15H2,1-2H3. The molecule has 0 fully saturated rings. The molecule has 1 aromatic carbocycles. The number of hydrogen-bond acceptors (Lipinski definition) is 3. The number of benzene rings is 1. The molecule has 0 radical (unpaired) electrons. The molecule has 0 saturated heterocycles. The van der Waals surface area contributed by atoms with Crippen LogP contribution in [0.25, 0.3) is 5.69 Å². The molecule has 18 heavy (non-hydrogen) atoms. The van der Waals surface area contributed by atoms with Gasteiger partial charge in [0.2, 0.25) is 5.43 Å². The number of hydrogen-bond donors (Lipinski definition) is 1. The number of aryl methyl sites for hydroxylation is 1. The normalized spacial score (nSPS) is 12.4. The molecule has 1 atom stereocenters. The average molecular weight is 247 g/mol. The second kappa shape index (κ2) is 4.70. The highest BCUT2D eigenvalue weighted by molar-refractivity contribution is 5.33. The number of nitrogens with zero attached hydrogens (tertiary/aromatic N) is 2. The van der Waals surface area contributed by atoms with E-state index < -0.39 is 6.04 Å². The summed E-state index contributed by atoms with van der Waals surface area (Å²) in [5.74, 6) is -0.352. The Morgan fingerprint density at radius 1 is 1.39 bits per heavy atom. The van der Waals surface area contributed by atoms with Gasteiger partial charge in [-0.2, -0.15) is 5.10 Å². The van der Waals surface area contributed by atoms with Crippen LogP contribution in [0.1, 0.15) is 24.4 Å². The van der Waals surface area contributed by atoms with Crippen molar-refractivity contribution in [1.82, 2.24) is 9.78 Å². The number of halogens is 1. The highest BCUT2D eigenvalue weighted by Crippen LogP contribution is 2.11. The van der Waals surface area contributed by atoms with E-state index in [0.29, 0.717) is 11.4 Å². The molecule has 1 aromatic heterocycles. The van der Waals surface area contributed by atoms with Crippen molar-refractivity contribution in [3.63, 3.8) is 0 Å². The van der Waals surface area contributed by atoms with Crippen LogP contribution in [0, 0.1) is 12.7 Å². The second-order valence-electron chi connectivity index (χ2n) is 4.22. The number of rotatable bonds is 2. The van der Waals surface area contributed by atoms with Gasteiger partial charge in [0.1, 0.15) is 11.5 Å². The molecule has 0 aliphatic heterocycles. The minimum Gasteiger partial charge on any atom is -0.323 e. The fraction of sp³-hybridized carbons (Fsp3) is 0.231. The van der Waals surface area contributed by atoms with E-state index in [1.807, 2.05) is 0 Å². The molecule has 1 heterocycles. The monoisotopic (exact) mass is 247 g/mol. The third-order valence-corrected chi connectivity index (χ3v) is 2.62. The summed E-state index contributed by atoms with van der Waals surface area (Å²) in [6.07, 6.45) is 0. The maximum absolute atomic E-state index is 13.2. The van der Waals surface area contributed by atoms with E-state index in [0.717, 1.165) is 0 Å². The molecule has 0 saturated carbocycles. The molecule has 94 valence electrons. The van der Waals surface area contributed by atoms with Crippen molar-refractivity contribution in [3.05, 3.63) is 57.8 Å². The maximum Gasteiger partial charge on any atom is 0.205 e. The molecule has 2 rings (SSSR count). The quantitative estimate of drug-likeness (QED) is 0.878. The molecule has 0 aliphatic rings. The van der Waals surface area contributed by atoms with Crippen molar-refractivity contribution in [2.45, 2.75) is 19.9 Å². The third-order valence-electron chi connectivity index (χ3n) is 2.62. The van der Waals surface area contributed by atoms with E-state index in [1.54, 1.807) is 26.0 Å². The maximum atomic E-state index is 13.2. The molecular formula is C13H14FN3O. The Kier molecular flexibility index (Phi) is 3.25. The van der Waals surface area contributed by atoms with Crippen LogP contribution < -0.4 is 11.2 Å². The first kappa shape index (κ1) is 12.4. The first-order chi connectivity index (χ1) is 8.49. The van der Waals surface area contributed by atoms with Gasteiger partial charge in [-0.3, -0.25) is 4.79 Å². The van der Waals surface area contributed by atoms with Crippen molar-refractivity contribution in [2.75, 3.05) is 0 Å². The van der Waals surface area contributed by atoms with Crippen LogP contribution in [0.4, 0.5) is 4.39 Å². The number of nitrogens with two attached hydrogens (primary N) is 1. The van der Waals surface area contributed by atoms with Gasteiger partial charge in [0.15, 0.2) is 0 Å².